The van der Waals surface area contributed by atoms with Crippen molar-refractivity contribution in [3.63, 3.8) is 0 Å². The van der Waals surface area contributed by atoms with Crippen molar-refractivity contribution in [3.8, 4) is 28.4 Å². The van der Waals surface area contributed by atoms with Crippen molar-refractivity contribution in [1.82, 2.24) is 20.0 Å². The molecule has 2 N–H and O–H groups in total. The Kier molecular flexibility index (Phi) is 8.54. The lowest BCUT2D eigenvalue weighted by molar-refractivity contribution is -0.0674. The Morgan fingerprint density at radius 2 is 2.05 bits per heavy atom. The van der Waals surface area contributed by atoms with E-state index in [9.17, 15) is 13.9 Å². The molecule has 11 heteroatoms. The third-order valence-corrected chi connectivity index (χ3v) is 7.09. The largest absolute Gasteiger partial charge is 0.491 e. The summed E-state index contributed by atoms with van der Waals surface area (Å²) in [7, 11) is 1.69. The molecule has 38 heavy (non-hydrogen) atoms. The van der Waals surface area contributed by atoms with E-state index < -0.39 is 18.1 Å². The SMILES string of the molecule is CCC[C@@H](O)COc1ccc(Cl)c(-c2nc(NC3CCN(C)CC3(F)F)c(C)c(-c3c(C)noc3C)n2)c1. The van der Waals surface area contributed by atoms with E-state index in [-0.39, 0.29) is 25.4 Å². The standard InChI is InChI=1S/C27H34ClF2N5O3/c1-6-7-18(36)13-37-19-8-9-21(28)20(12-19)26-32-24(23-16(3)34-38-17(23)4)15(2)25(33-26)31-22-10-11-35(5)14-27(22,29)30/h8-9,12,18,22,36H,6-7,10-11,13-14H2,1-5H3,(H,31,32,33)/t18-,22?/m1/s1. The van der Waals surface area contributed by atoms with Gasteiger partial charge in [-0.05, 0) is 58.9 Å². The minimum Gasteiger partial charge on any atom is -0.491 e. The number of piperidine rings is 1. The molecule has 0 saturated carbocycles. The lowest BCUT2D eigenvalue weighted by Gasteiger charge is -2.37. The van der Waals surface area contributed by atoms with Gasteiger partial charge >= 0.3 is 0 Å². The highest BCUT2D eigenvalue weighted by Gasteiger charge is 2.44. The first-order chi connectivity index (χ1) is 18.0. The summed E-state index contributed by atoms with van der Waals surface area (Å²) >= 11 is 6.57. The first-order valence-electron chi connectivity index (χ1n) is 12.8. The molecule has 3 heterocycles. The molecule has 206 valence electrons. The van der Waals surface area contributed by atoms with Gasteiger partial charge < -0.3 is 24.6 Å². The Morgan fingerprint density at radius 1 is 1.29 bits per heavy atom. The molecule has 0 spiro atoms. The maximum absolute atomic E-state index is 15.0. The molecule has 1 aliphatic rings. The number of rotatable bonds is 9. The van der Waals surface area contributed by atoms with Crippen molar-refractivity contribution in [2.24, 2.45) is 0 Å². The number of anilines is 1. The number of aliphatic hydroxyl groups excluding tert-OH is 1. The monoisotopic (exact) mass is 549 g/mol. The fourth-order valence-corrected chi connectivity index (χ4v) is 4.87. The number of ether oxygens (including phenoxy) is 1. The summed E-state index contributed by atoms with van der Waals surface area (Å²) < 4.78 is 41.1. The van der Waals surface area contributed by atoms with Crippen LogP contribution < -0.4 is 10.1 Å². The normalized spacial score (nSPS) is 18.4. The Morgan fingerprint density at radius 3 is 2.71 bits per heavy atom. The van der Waals surface area contributed by atoms with Crippen LogP contribution in [0.5, 0.6) is 5.75 Å². The van der Waals surface area contributed by atoms with E-state index in [1.54, 1.807) is 50.9 Å². The van der Waals surface area contributed by atoms with E-state index in [1.165, 1.54) is 0 Å². The van der Waals surface area contributed by atoms with Gasteiger partial charge in [-0.3, -0.25) is 0 Å². The summed E-state index contributed by atoms with van der Waals surface area (Å²) in [5.74, 6) is -1.37. The van der Waals surface area contributed by atoms with Gasteiger partial charge in [0.25, 0.3) is 5.92 Å². The zero-order chi connectivity index (χ0) is 27.6. The number of aliphatic hydroxyl groups is 1. The molecule has 1 aromatic carbocycles. The van der Waals surface area contributed by atoms with Gasteiger partial charge in [-0.2, -0.15) is 0 Å². The molecular formula is C27H34ClF2N5O3. The number of hydrogen-bond acceptors (Lipinski definition) is 8. The highest BCUT2D eigenvalue weighted by molar-refractivity contribution is 6.33. The summed E-state index contributed by atoms with van der Waals surface area (Å²) in [5.41, 5.74) is 2.89. The Balaban J connectivity index is 1.78. The Bertz CT molecular complexity index is 1270. The highest BCUT2D eigenvalue weighted by Crippen LogP contribution is 2.37. The van der Waals surface area contributed by atoms with E-state index in [0.717, 1.165) is 6.42 Å². The van der Waals surface area contributed by atoms with Gasteiger partial charge in [-0.15, -0.1) is 0 Å². The van der Waals surface area contributed by atoms with Crippen LogP contribution in [-0.4, -0.2) is 69.9 Å². The molecule has 4 rings (SSSR count). The van der Waals surface area contributed by atoms with Crippen LogP contribution in [0.2, 0.25) is 5.02 Å². The van der Waals surface area contributed by atoms with Crippen molar-refractivity contribution < 1.29 is 23.1 Å². The maximum atomic E-state index is 15.0. The van der Waals surface area contributed by atoms with E-state index >= 15 is 0 Å². The molecule has 0 aliphatic carbocycles. The van der Waals surface area contributed by atoms with Crippen LogP contribution in [0.15, 0.2) is 22.7 Å². The summed E-state index contributed by atoms with van der Waals surface area (Å²) in [6, 6.07) is 3.96. The van der Waals surface area contributed by atoms with Crippen LogP contribution >= 0.6 is 11.6 Å². The molecule has 3 aromatic rings. The lowest BCUT2D eigenvalue weighted by atomic mass is 10.00. The number of aromatic nitrogens is 3. The number of aryl methyl sites for hydroxylation is 2. The van der Waals surface area contributed by atoms with Crippen LogP contribution in [0.1, 0.15) is 43.2 Å². The second-order valence-electron chi connectivity index (χ2n) is 9.95. The number of hydrogen-bond donors (Lipinski definition) is 2. The van der Waals surface area contributed by atoms with Crippen LogP contribution in [0.4, 0.5) is 14.6 Å². The van der Waals surface area contributed by atoms with Crippen LogP contribution in [0.25, 0.3) is 22.6 Å². The van der Waals surface area contributed by atoms with E-state index in [4.69, 9.17) is 25.8 Å². The van der Waals surface area contributed by atoms with Gasteiger partial charge in [0.1, 0.15) is 23.9 Å². The van der Waals surface area contributed by atoms with Crippen molar-refractivity contribution in [1.29, 1.82) is 0 Å². The molecule has 0 amide bonds. The molecule has 1 unspecified atom stereocenters. The van der Waals surface area contributed by atoms with Crippen LogP contribution in [0.3, 0.4) is 0 Å². The van der Waals surface area contributed by atoms with Gasteiger partial charge in [0.2, 0.25) is 0 Å². The Hall–Kier alpha value is -2.82. The average Bonchev–Trinajstić information content (AvgIpc) is 3.19. The third kappa shape index (κ3) is 6.08. The fourth-order valence-electron chi connectivity index (χ4n) is 4.67. The summed E-state index contributed by atoms with van der Waals surface area (Å²) in [4.78, 5) is 11.1. The predicted octanol–water partition coefficient (Wildman–Crippen LogP) is 5.67. The molecular weight excluding hydrogens is 516 g/mol. The summed E-state index contributed by atoms with van der Waals surface area (Å²) in [6.07, 6.45) is 1.13. The van der Waals surface area contributed by atoms with Gasteiger partial charge in [0.05, 0.1) is 40.7 Å². The predicted molar refractivity (Wildman–Crippen MR) is 143 cm³/mol. The molecule has 1 aliphatic heterocycles. The van der Waals surface area contributed by atoms with Crippen molar-refractivity contribution in [3.05, 3.63) is 40.2 Å². The number of halogens is 3. The lowest BCUT2D eigenvalue weighted by Crippen LogP contribution is -2.53. The van der Waals surface area contributed by atoms with E-state index in [2.05, 4.69) is 15.5 Å². The minimum atomic E-state index is -2.95. The van der Waals surface area contributed by atoms with E-state index in [1.807, 2.05) is 6.92 Å². The second-order valence-corrected chi connectivity index (χ2v) is 10.4. The molecule has 1 fully saturated rings. The quantitative estimate of drug-likeness (QED) is 0.352. The topological polar surface area (TPSA) is 96.5 Å². The van der Waals surface area contributed by atoms with Gasteiger partial charge in [-0.25, -0.2) is 18.7 Å². The molecule has 0 radical (unpaired) electrons. The molecule has 1 saturated heterocycles. The first kappa shape index (κ1) is 28.2. The van der Waals surface area contributed by atoms with E-state index in [0.29, 0.717) is 63.4 Å². The number of benzene rings is 1. The molecule has 2 atom stereocenters. The summed E-state index contributed by atoms with van der Waals surface area (Å²) in [6.45, 7) is 7.68. The second kappa shape index (κ2) is 11.5. The summed E-state index contributed by atoms with van der Waals surface area (Å²) in [5, 5.41) is 17.5. The zero-order valence-corrected chi connectivity index (χ0v) is 23.1. The van der Waals surface area contributed by atoms with Crippen LogP contribution in [-0.2, 0) is 0 Å². The average molecular weight is 550 g/mol. The third-order valence-electron chi connectivity index (χ3n) is 6.76. The van der Waals surface area contributed by atoms with Gasteiger partial charge in [0, 0.05) is 17.7 Å². The zero-order valence-electron chi connectivity index (χ0n) is 22.3. The number of nitrogens with zero attached hydrogens (tertiary/aromatic N) is 4. The van der Waals surface area contributed by atoms with Crippen molar-refractivity contribution >= 4 is 17.4 Å². The number of likely N-dealkylation sites (tertiary alicyclic amines) is 1. The highest BCUT2D eigenvalue weighted by atomic mass is 35.5. The van der Waals surface area contributed by atoms with Crippen molar-refractivity contribution in [2.75, 3.05) is 32.1 Å². The number of nitrogens with one attached hydrogen (secondary N) is 1. The van der Waals surface area contributed by atoms with Gasteiger partial charge in [0.15, 0.2) is 5.82 Å². The minimum absolute atomic E-state index is 0.131. The molecule has 0 bridgehead atoms. The first-order valence-corrected chi connectivity index (χ1v) is 13.1. The fraction of sp³-hybridized carbons (Fsp3) is 0.519. The molecule has 8 nitrogen and oxygen atoms in total. The number of alkyl halides is 2. The molecule has 2 aromatic heterocycles. The Labute approximate surface area is 226 Å². The maximum Gasteiger partial charge on any atom is 0.280 e. The van der Waals surface area contributed by atoms with Crippen molar-refractivity contribution in [2.45, 2.75) is 65.0 Å². The smallest absolute Gasteiger partial charge is 0.280 e. The van der Waals surface area contributed by atoms with Crippen LogP contribution in [0, 0.1) is 20.8 Å². The van der Waals surface area contributed by atoms with Gasteiger partial charge in [-0.1, -0.05) is 30.1 Å².